The van der Waals surface area contributed by atoms with Gasteiger partial charge in [0.2, 0.25) is 0 Å². The number of hydrogen-bond acceptors (Lipinski definition) is 1. The molecule has 0 aromatic heterocycles. The van der Waals surface area contributed by atoms with Crippen LogP contribution in [0.15, 0.2) is 16.1 Å². The Kier molecular flexibility index (Phi) is 1.70. The predicted octanol–water partition coefficient (Wildman–Crippen LogP) is 2.04. The van der Waals surface area contributed by atoms with Crippen molar-refractivity contribution in [1.29, 1.82) is 0 Å². The number of hydrogen-bond donors (Lipinski definition) is 0. The number of aliphatic imine (C=N–C) groups is 1. The summed E-state index contributed by atoms with van der Waals surface area (Å²) in [6.45, 7) is 7.49. The van der Waals surface area contributed by atoms with Gasteiger partial charge < -0.3 is 0 Å². The lowest BCUT2D eigenvalue weighted by Gasteiger charge is -2.03. The van der Waals surface area contributed by atoms with Crippen LogP contribution in [0.25, 0.3) is 0 Å². The molecule has 0 spiro atoms. The van der Waals surface area contributed by atoms with Crippen LogP contribution in [0.4, 0.5) is 0 Å². The highest BCUT2D eigenvalue weighted by Gasteiger charge is 2.08. The Bertz CT molecular complexity index is 163. The highest BCUT2D eigenvalue weighted by atomic mass is 14.7. The summed E-state index contributed by atoms with van der Waals surface area (Å²) in [5, 5.41) is 0. The van der Waals surface area contributed by atoms with Crippen molar-refractivity contribution in [1.82, 2.24) is 0 Å². The Hall–Kier alpha value is -0.590. The Labute approximate surface area is 56.5 Å². The van der Waals surface area contributed by atoms with E-state index in [-0.39, 0.29) is 0 Å². The van der Waals surface area contributed by atoms with Crippen molar-refractivity contribution < 1.29 is 0 Å². The Morgan fingerprint density at radius 2 is 2.22 bits per heavy atom. The van der Waals surface area contributed by atoms with Crippen LogP contribution in [0.3, 0.4) is 0 Å². The van der Waals surface area contributed by atoms with E-state index in [0.29, 0.717) is 5.92 Å². The Balaban J connectivity index is 2.77. The number of allylic oxidation sites excluding steroid dienone is 1. The van der Waals surface area contributed by atoms with E-state index >= 15 is 0 Å². The molecule has 1 rings (SSSR count). The summed E-state index contributed by atoms with van der Waals surface area (Å²) in [5.41, 5.74) is 2.86. The molecule has 1 aliphatic rings. The predicted molar refractivity (Wildman–Crippen MR) is 40.9 cm³/mol. The van der Waals surface area contributed by atoms with Gasteiger partial charge in [0.15, 0.2) is 0 Å². The maximum atomic E-state index is 4.17. The molecule has 0 aromatic carbocycles. The van der Waals surface area contributed by atoms with Crippen molar-refractivity contribution in [3.8, 4) is 0 Å². The molecule has 9 heavy (non-hydrogen) atoms. The lowest BCUT2D eigenvalue weighted by molar-refractivity contribution is 0.799. The van der Waals surface area contributed by atoms with Gasteiger partial charge in [0.05, 0.1) is 6.54 Å². The molecule has 1 heteroatoms. The second-order valence-electron chi connectivity index (χ2n) is 2.86. The molecule has 0 saturated heterocycles. The third-order valence-electron chi connectivity index (χ3n) is 1.67. The zero-order valence-corrected chi connectivity index (χ0v) is 6.31. The molecule has 0 unspecified atom stereocenters. The van der Waals surface area contributed by atoms with Gasteiger partial charge in [-0.1, -0.05) is 13.8 Å². The topological polar surface area (TPSA) is 12.4 Å². The van der Waals surface area contributed by atoms with Crippen LogP contribution in [0, 0.1) is 5.92 Å². The second kappa shape index (κ2) is 2.34. The van der Waals surface area contributed by atoms with Gasteiger partial charge in [-0.15, -0.1) is 0 Å². The molecule has 0 fully saturated rings. The smallest absolute Gasteiger partial charge is 0.0603 e. The van der Waals surface area contributed by atoms with E-state index in [1.165, 1.54) is 11.1 Å². The Morgan fingerprint density at radius 3 is 2.44 bits per heavy atom. The fraction of sp³-hybridized carbons (Fsp3) is 0.625. The average molecular weight is 123 g/mol. The van der Waals surface area contributed by atoms with Gasteiger partial charge in [0, 0.05) is 6.21 Å². The fourth-order valence-corrected chi connectivity index (χ4v) is 1.12. The summed E-state index contributed by atoms with van der Waals surface area (Å²) in [6.07, 6.45) is 2.00. The monoisotopic (exact) mass is 123 g/mol. The molecule has 0 aromatic rings. The zero-order valence-electron chi connectivity index (χ0n) is 6.31. The van der Waals surface area contributed by atoms with Crippen LogP contribution in [0.5, 0.6) is 0 Å². The lowest BCUT2D eigenvalue weighted by Crippen LogP contribution is -1.94. The molecular formula is C8H13N. The lowest BCUT2D eigenvalue weighted by atomic mass is 10.0. The van der Waals surface area contributed by atoms with Crippen molar-refractivity contribution in [2.24, 2.45) is 10.9 Å². The maximum absolute atomic E-state index is 4.17. The minimum absolute atomic E-state index is 0.649. The van der Waals surface area contributed by atoms with E-state index < -0.39 is 0 Å². The first kappa shape index (κ1) is 6.53. The largest absolute Gasteiger partial charge is 0.288 e. The molecule has 1 heterocycles. The molecule has 0 atom stereocenters. The van der Waals surface area contributed by atoms with Gasteiger partial charge in [0.1, 0.15) is 0 Å². The molecule has 0 N–H and O–H groups in total. The van der Waals surface area contributed by atoms with Gasteiger partial charge in [-0.05, 0) is 24.0 Å². The van der Waals surface area contributed by atoms with Crippen LogP contribution < -0.4 is 0 Å². The molecule has 0 saturated carbocycles. The van der Waals surface area contributed by atoms with E-state index in [4.69, 9.17) is 0 Å². The molecule has 0 bridgehead atoms. The highest BCUT2D eigenvalue weighted by Crippen LogP contribution is 2.16. The van der Waals surface area contributed by atoms with Gasteiger partial charge in [-0.3, -0.25) is 4.99 Å². The molecule has 0 aliphatic carbocycles. The average Bonchev–Trinajstić information content (AvgIpc) is 2.13. The summed E-state index contributed by atoms with van der Waals surface area (Å²) in [5.74, 6) is 0.649. The first-order valence-corrected chi connectivity index (χ1v) is 3.41. The third-order valence-corrected chi connectivity index (χ3v) is 1.67. The zero-order chi connectivity index (χ0) is 6.85. The van der Waals surface area contributed by atoms with Crippen LogP contribution >= 0.6 is 0 Å². The van der Waals surface area contributed by atoms with Crippen molar-refractivity contribution in [2.75, 3.05) is 6.54 Å². The molecule has 1 nitrogen and oxygen atoms in total. The summed E-state index contributed by atoms with van der Waals surface area (Å²) in [6, 6.07) is 0. The van der Waals surface area contributed by atoms with Crippen LogP contribution in [-0.4, -0.2) is 12.8 Å². The van der Waals surface area contributed by atoms with E-state index in [0.717, 1.165) is 6.54 Å². The second-order valence-corrected chi connectivity index (χ2v) is 2.86. The number of nitrogens with zero attached hydrogens (tertiary/aromatic N) is 1. The number of rotatable bonds is 1. The fourth-order valence-electron chi connectivity index (χ4n) is 1.12. The molecule has 0 amide bonds. The van der Waals surface area contributed by atoms with Crippen molar-refractivity contribution in [3.05, 3.63) is 11.1 Å². The first-order valence-electron chi connectivity index (χ1n) is 3.41. The SMILES string of the molecule is CC1=C(C(C)C)C=NC1. The summed E-state index contributed by atoms with van der Waals surface area (Å²) in [7, 11) is 0. The standard InChI is InChI=1S/C8H13N/c1-6(2)8-5-9-4-7(8)3/h5-6H,4H2,1-3H3. The molecule has 50 valence electrons. The van der Waals surface area contributed by atoms with Gasteiger partial charge in [0.25, 0.3) is 0 Å². The van der Waals surface area contributed by atoms with Gasteiger partial charge in [-0.25, -0.2) is 0 Å². The third kappa shape index (κ3) is 1.21. The first-order chi connectivity index (χ1) is 4.22. The van der Waals surface area contributed by atoms with E-state index in [1.54, 1.807) is 0 Å². The summed E-state index contributed by atoms with van der Waals surface area (Å²) in [4.78, 5) is 4.17. The van der Waals surface area contributed by atoms with Gasteiger partial charge in [-0.2, -0.15) is 0 Å². The van der Waals surface area contributed by atoms with E-state index in [1.807, 2.05) is 6.21 Å². The molecule has 0 radical (unpaired) electrons. The minimum Gasteiger partial charge on any atom is -0.288 e. The molecule has 1 aliphatic heterocycles. The summed E-state index contributed by atoms with van der Waals surface area (Å²) >= 11 is 0. The van der Waals surface area contributed by atoms with E-state index in [9.17, 15) is 0 Å². The van der Waals surface area contributed by atoms with Crippen molar-refractivity contribution in [2.45, 2.75) is 20.8 Å². The maximum Gasteiger partial charge on any atom is 0.0603 e. The molecular weight excluding hydrogens is 110 g/mol. The van der Waals surface area contributed by atoms with Crippen LogP contribution in [0.2, 0.25) is 0 Å². The minimum atomic E-state index is 0.649. The van der Waals surface area contributed by atoms with Crippen LogP contribution in [0.1, 0.15) is 20.8 Å². The van der Waals surface area contributed by atoms with Crippen LogP contribution in [-0.2, 0) is 0 Å². The van der Waals surface area contributed by atoms with Crippen molar-refractivity contribution in [3.63, 3.8) is 0 Å². The summed E-state index contributed by atoms with van der Waals surface area (Å²) < 4.78 is 0. The Morgan fingerprint density at radius 1 is 1.56 bits per heavy atom. The van der Waals surface area contributed by atoms with Gasteiger partial charge >= 0.3 is 0 Å². The van der Waals surface area contributed by atoms with E-state index in [2.05, 4.69) is 25.8 Å². The normalized spacial score (nSPS) is 18.2. The quantitative estimate of drug-likeness (QED) is 0.506. The van der Waals surface area contributed by atoms with Crippen molar-refractivity contribution >= 4 is 6.21 Å². The highest BCUT2D eigenvalue weighted by molar-refractivity contribution is 5.82.